The van der Waals surface area contributed by atoms with Gasteiger partial charge in [-0.3, -0.25) is 4.90 Å². The van der Waals surface area contributed by atoms with Crippen LogP contribution in [-0.4, -0.2) is 74.9 Å². The maximum Gasteiger partial charge on any atom is 0.0594 e. The molecule has 2 saturated heterocycles. The van der Waals surface area contributed by atoms with Crippen molar-refractivity contribution in [2.45, 2.75) is 33.2 Å². The summed E-state index contributed by atoms with van der Waals surface area (Å²) in [6, 6.07) is 0.763. The first kappa shape index (κ1) is 15.2. The molecule has 4 heteroatoms. The molecule has 2 aliphatic heterocycles. The molecule has 4 nitrogen and oxygen atoms in total. The van der Waals surface area contributed by atoms with Gasteiger partial charge in [0.25, 0.3) is 0 Å². The summed E-state index contributed by atoms with van der Waals surface area (Å²) in [5.41, 5.74) is 0.371. The van der Waals surface area contributed by atoms with Gasteiger partial charge in [0.1, 0.15) is 0 Å². The molecule has 1 atom stereocenters. The van der Waals surface area contributed by atoms with Crippen LogP contribution in [0.2, 0.25) is 0 Å². The second-order valence-corrected chi connectivity index (χ2v) is 6.77. The number of ether oxygens (including phenoxy) is 1. The second kappa shape index (κ2) is 7.02. The van der Waals surface area contributed by atoms with Crippen molar-refractivity contribution in [2.75, 3.05) is 59.0 Å². The highest BCUT2D eigenvalue weighted by molar-refractivity contribution is 4.87. The highest BCUT2D eigenvalue weighted by Crippen LogP contribution is 2.22. The number of nitrogens with zero attached hydrogens (tertiary/aromatic N) is 2. The van der Waals surface area contributed by atoms with E-state index in [1.165, 1.54) is 26.1 Å². The van der Waals surface area contributed by atoms with Crippen LogP contribution < -0.4 is 5.32 Å². The largest absolute Gasteiger partial charge is 0.379 e. The zero-order valence-electron chi connectivity index (χ0n) is 13.0. The average Bonchev–Trinajstić information content (AvgIpc) is 2.85. The van der Waals surface area contributed by atoms with E-state index < -0.39 is 0 Å². The van der Waals surface area contributed by atoms with E-state index >= 15 is 0 Å². The predicted molar refractivity (Wildman–Crippen MR) is 79.6 cm³/mol. The zero-order valence-corrected chi connectivity index (χ0v) is 13.0. The summed E-state index contributed by atoms with van der Waals surface area (Å²) in [6.07, 6.45) is 1.33. The Balaban J connectivity index is 1.74. The third-order valence-corrected chi connectivity index (χ3v) is 4.31. The SMILES string of the molecule is CCNCC(C)(C)CN1CCC(N2CCOCC2)C1. The molecular weight excluding hydrogens is 238 g/mol. The number of hydrogen-bond donors (Lipinski definition) is 1. The summed E-state index contributed by atoms with van der Waals surface area (Å²) in [4.78, 5) is 5.28. The monoisotopic (exact) mass is 269 g/mol. The van der Waals surface area contributed by atoms with Crippen LogP contribution in [0.25, 0.3) is 0 Å². The van der Waals surface area contributed by atoms with Crippen LogP contribution in [0.1, 0.15) is 27.2 Å². The highest BCUT2D eigenvalue weighted by Gasteiger charge is 2.31. The van der Waals surface area contributed by atoms with Crippen molar-refractivity contribution >= 4 is 0 Å². The maximum atomic E-state index is 5.45. The van der Waals surface area contributed by atoms with Crippen molar-refractivity contribution in [3.63, 3.8) is 0 Å². The molecule has 0 aliphatic carbocycles. The van der Waals surface area contributed by atoms with Crippen LogP contribution in [-0.2, 0) is 4.74 Å². The lowest BCUT2D eigenvalue weighted by Crippen LogP contribution is -2.46. The second-order valence-electron chi connectivity index (χ2n) is 6.77. The van der Waals surface area contributed by atoms with Crippen LogP contribution >= 0.6 is 0 Å². The summed E-state index contributed by atoms with van der Waals surface area (Å²) in [5, 5.41) is 3.48. The molecule has 0 aromatic heterocycles. The highest BCUT2D eigenvalue weighted by atomic mass is 16.5. The molecule has 2 aliphatic rings. The molecule has 0 radical (unpaired) electrons. The minimum atomic E-state index is 0.371. The third-order valence-electron chi connectivity index (χ3n) is 4.31. The summed E-state index contributed by atoms with van der Waals surface area (Å²) in [7, 11) is 0. The first-order valence-electron chi connectivity index (χ1n) is 7.85. The molecule has 0 amide bonds. The van der Waals surface area contributed by atoms with E-state index in [-0.39, 0.29) is 0 Å². The number of hydrogen-bond acceptors (Lipinski definition) is 4. The van der Waals surface area contributed by atoms with Gasteiger partial charge in [0.15, 0.2) is 0 Å². The Morgan fingerprint density at radius 2 is 1.95 bits per heavy atom. The summed E-state index contributed by atoms with van der Waals surface area (Å²) in [6.45, 7) is 16.9. The van der Waals surface area contributed by atoms with Crippen LogP contribution in [0.15, 0.2) is 0 Å². The molecule has 0 aromatic rings. The molecular formula is C15H31N3O. The maximum absolute atomic E-state index is 5.45. The van der Waals surface area contributed by atoms with E-state index in [4.69, 9.17) is 4.74 Å². The summed E-state index contributed by atoms with van der Waals surface area (Å²) >= 11 is 0. The third kappa shape index (κ3) is 4.71. The van der Waals surface area contributed by atoms with Crippen LogP contribution in [0.4, 0.5) is 0 Å². The normalized spacial score (nSPS) is 27.0. The first-order valence-corrected chi connectivity index (χ1v) is 7.85. The van der Waals surface area contributed by atoms with Crippen LogP contribution in [0, 0.1) is 5.41 Å². The summed E-state index contributed by atoms with van der Waals surface area (Å²) in [5.74, 6) is 0. The molecule has 2 fully saturated rings. The van der Waals surface area contributed by atoms with Crippen molar-refractivity contribution in [3.05, 3.63) is 0 Å². The van der Waals surface area contributed by atoms with E-state index in [2.05, 4.69) is 35.9 Å². The topological polar surface area (TPSA) is 27.7 Å². The molecule has 0 bridgehead atoms. The van der Waals surface area contributed by atoms with Crippen molar-refractivity contribution in [2.24, 2.45) is 5.41 Å². The van der Waals surface area contributed by atoms with Crippen molar-refractivity contribution in [1.29, 1.82) is 0 Å². The first-order chi connectivity index (χ1) is 9.11. The van der Waals surface area contributed by atoms with Gasteiger partial charge in [-0.2, -0.15) is 0 Å². The van der Waals surface area contributed by atoms with E-state index in [0.29, 0.717) is 5.41 Å². The van der Waals surface area contributed by atoms with Gasteiger partial charge in [-0.05, 0) is 24.9 Å². The van der Waals surface area contributed by atoms with Gasteiger partial charge < -0.3 is 15.0 Å². The Morgan fingerprint density at radius 1 is 1.21 bits per heavy atom. The Kier molecular flexibility index (Phi) is 5.63. The average molecular weight is 269 g/mol. The Hall–Kier alpha value is -0.160. The van der Waals surface area contributed by atoms with Crippen LogP contribution in [0.3, 0.4) is 0 Å². The fourth-order valence-electron chi connectivity index (χ4n) is 3.32. The fraction of sp³-hybridized carbons (Fsp3) is 1.00. The number of rotatable bonds is 6. The number of likely N-dealkylation sites (tertiary alicyclic amines) is 1. The van der Waals surface area contributed by atoms with Gasteiger partial charge in [-0.25, -0.2) is 0 Å². The lowest BCUT2D eigenvalue weighted by molar-refractivity contribution is 0.0178. The van der Waals surface area contributed by atoms with Gasteiger partial charge in [0.2, 0.25) is 0 Å². The molecule has 1 N–H and O–H groups in total. The zero-order chi connectivity index (χ0) is 13.7. The van der Waals surface area contributed by atoms with Crippen molar-refractivity contribution in [1.82, 2.24) is 15.1 Å². The van der Waals surface area contributed by atoms with Gasteiger partial charge in [0, 0.05) is 38.8 Å². The van der Waals surface area contributed by atoms with Crippen molar-refractivity contribution in [3.8, 4) is 0 Å². The lowest BCUT2D eigenvalue weighted by Gasteiger charge is -2.33. The van der Waals surface area contributed by atoms with Gasteiger partial charge in [-0.15, -0.1) is 0 Å². The Morgan fingerprint density at radius 3 is 2.63 bits per heavy atom. The molecule has 0 spiro atoms. The van der Waals surface area contributed by atoms with Gasteiger partial charge in [0.05, 0.1) is 13.2 Å². The van der Waals surface area contributed by atoms with E-state index in [9.17, 15) is 0 Å². The number of morpholine rings is 1. The molecule has 19 heavy (non-hydrogen) atoms. The lowest BCUT2D eigenvalue weighted by atomic mass is 9.93. The molecule has 112 valence electrons. The molecule has 0 aromatic carbocycles. The quantitative estimate of drug-likeness (QED) is 0.779. The van der Waals surface area contributed by atoms with E-state index in [0.717, 1.165) is 45.4 Å². The molecule has 2 heterocycles. The predicted octanol–water partition coefficient (Wildman–Crippen LogP) is 1.03. The van der Waals surface area contributed by atoms with E-state index in [1.807, 2.05) is 0 Å². The van der Waals surface area contributed by atoms with Gasteiger partial charge >= 0.3 is 0 Å². The molecule has 1 unspecified atom stereocenters. The molecule has 0 saturated carbocycles. The number of nitrogens with one attached hydrogen (secondary N) is 1. The minimum absolute atomic E-state index is 0.371. The summed E-state index contributed by atoms with van der Waals surface area (Å²) < 4.78 is 5.45. The fourth-order valence-corrected chi connectivity index (χ4v) is 3.32. The molecule has 2 rings (SSSR count). The Labute approximate surface area is 118 Å². The van der Waals surface area contributed by atoms with E-state index in [1.54, 1.807) is 0 Å². The smallest absolute Gasteiger partial charge is 0.0594 e. The van der Waals surface area contributed by atoms with Crippen molar-refractivity contribution < 1.29 is 4.74 Å². The minimum Gasteiger partial charge on any atom is -0.379 e. The van der Waals surface area contributed by atoms with Gasteiger partial charge in [-0.1, -0.05) is 20.8 Å². The van der Waals surface area contributed by atoms with Crippen LogP contribution in [0.5, 0.6) is 0 Å². The standard InChI is InChI=1S/C15H31N3O/c1-4-16-12-15(2,3)13-17-6-5-14(11-17)18-7-9-19-10-8-18/h14,16H,4-13H2,1-3H3. The Bertz CT molecular complexity index is 264.